The summed E-state index contributed by atoms with van der Waals surface area (Å²) in [5.74, 6) is 0.553. The molecule has 0 N–H and O–H groups in total. The molecule has 0 aliphatic heterocycles. The summed E-state index contributed by atoms with van der Waals surface area (Å²) in [4.78, 5) is 13.3. The second kappa shape index (κ2) is 5.85. The number of hydrogen-bond acceptors (Lipinski definition) is 6. The van der Waals surface area contributed by atoms with Crippen LogP contribution in [0.15, 0.2) is 44.2 Å². The molecule has 0 aliphatic carbocycles. The van der Waals surface area contributed by atoms with Crippen molar-refractivity contribution in [2.24, 2.45) is 0 Å². The summed E-state index contributed by atoms with van der Waals surface area (Å²) in [5, 5.41) is 17.8. The highest BCUT2D eigenvalue weighted by Crippen LogP contribution is 2.25. The second-order valence-electron chi connectivity index (χ2n) is 5.34. The van der Waals surface area contributed by atoms with Crippen LogP contribution in [0.5, 0.6) is 0 Å². The van der Waals surface area contributed by atoms with E-state index in [-0.39, 0.29) is 0 Å². The van der Waals surface area contributed by atoms with Crippen molar-refractivity contribution in [2.45, 2.75) is 13.5 Å². The van der Waals surface area contributed by atoms with Crippen molar-refractivity contribution in [1.29, 1.82) is 0 Å². The molecule has 4 aromatic rings. The van der Waals surface area contributed by atoms with Crippen molar-refractivity contribution in [2.75, 3.05) is 0 Å². The molecule has 120 valence electrons. The van der Waals surface area contributed by atoms with Crippen LogP contribution in [0.25, 0.3) is 22.4 Å². The minimum absolute atomic E-state index is 0.304. The summed E-state index contributed by atoms with van der Waals surface area (Å²) >= 11 is 7.77. The van der Waals surface area contributed by atoms with Gasteiger partial charge < -0.3 is 4.42 Å². The first-order valence-corrected chi connectivity index (χ1v) is 8.45. The normalized spacial score (nSPS) is 11.2. The third kappa shape index (κ3) is 2.72. The first-order chi connectivity index (χ1) is 11.6. The molecule has 0 saturated heterocycles. The average Bonchev–Trinajstić information content (AvgIpc) is 3.20. The van der Waals surface area contributed by atoms with E-state index in [2.05, 4.69) is 15.4 Å². The lowest BCUT2D eigenvalue weighted by Gasteiger charge is -2.06. The summed E-state index contributed by atoms with van der Waals surface area (Å²) < 4.78 is 5.26. The zero-order valence-corrected chi connectivity index (χ0v) is 14.1. The zero-order chi connectivity index (χ0) is 16.7. The van der Waals surface area contributed by atoms with Gasteiger partial charge in [-0.2, -0.15) is 16.1 Å². The summed E-state index contributed by atoms with van der Waals surface area (Å²) in [6.07, 6.45) is 0. The molecular weight excluding hydrogens is 348 g/mol. The van der Waals surface area contributed by atoms with Gasteiger partial charge >= 0.3 is 5.63 Å². The molecule has 0 aliphatic rings. The Kier molecular flexibility index (Phi) is 3.66. The number of halogens is 1. The van der Waals surface area contributed by atoms with Crippen LogP contribution in [-0.2, 0) is 6.54 Å². The standard InChI is InChI=1S/C16H11ClN4O2S/c1-9-4-14-12(6-13(9)17)11(5-15(22)23-14)7-21-19-16(18-20-21)10-2-3-24-8-10/h2-6,8H,7H2,1H3. The van der Waals surface area contributed by atoms with Crippen LogP contribution in [0.2, 0.25) is 5.02 Å². The number of aryl methyl sites for hydroxylation is 1. The molecule has 24 heavy (non-hydrogen) atoms. The largest absolute Gasteiger partial charge is 0.423 e. The lowest BCUT2D eigenvalue weighted by molar-refractivity contribution is 0.545. The minimum Gasteiger partial charge on any atom is -0.423 e. The van der Waals surface area contributed by atoms with Gasteiger partial charge in [-0.05, 0) is 46.8 Å². The van der Waals surface area contributed by atoms with Crippen LogP contribution in [0.4, 0.5) is 0 Å². The predicted molar refractivity (Wildman–Crippen MR) is 92.5 cm³/mol. The van der Waals surface area contributed by atoms with Crippen LogP contribution >= 0.6 is 22.9 Å². The highest BCUT2D eigenvalue weighted by Gasteiger charge is 2.12. The first kappa shape index (κ1) is 15.0. The van der Waals surface area contributed by atoms with Gasteiger partial charge in [0.25, 0.3) is 0 Å². The van der Waals surface area contributed by atoms with Gasteiger partial charge in [0.2, 0.25) is 5.82 Å². The molecule has 1 aromatic carbocycles. The number of benzene rings is 1. The van der Waals surface area contributed by atoms with E-state index in [1.807, 2.05) is 23.8 Å². The predicted octanol–water partition coefficient (Wildman–Crippen LogP) is 3.52. The number of rotatable bonds is 3. The molecule has 0 spiro atoms. The topological polar surface area (TPSA) is 73.8 Å². The van der Waals surface area contributed by atoms with E-state index in [1.54, 1.807) is 23.5 Å². The van der Waals surface area contributed by atoms with Crippen LogP contribution in [-0.4, -0.2) is 20.2 Å². The lowest BCUT2D eigenvalue weighted by atomic mass is 10.1. The number of thiophene rings is 1. The van der Waals surface area contributed by atoms with Crippen molar-refractivity contribution >= 4 is 33.9 Å². The maximum Gasteiger partial charge on any atom is 0.336 e. The van der Waals surface area contributed by atoms with E-state index < -0.39 is 5.63 Å². The monoisotopic (exact) mass is 358 g/mol. The van der Waals surface area contributed by atoms with Gasteiger partial charge in [0.15, 0.2) is 0 Å². The number of fused-ring (bicyclic) bond motifs is 1. The molecule has 3 heterocycles. The van der Waals surface area contributed by atoms with Gasteiger partial charge in [-0.25, -0.2) is 4.79 Å². The summed E-state index contributed by atoms with van der Waals surface area (Å²) in [6.45, 7) is 2.17. The third-order valence-corrected chi connectivity index (χ3v) is 4.74. The van der Waals surface area contributed by atoms with Crippen LogP contribution < -0.4 is 5.63 Å². The summed E-state index contributed by atoms with van der Waals surface area (Å²) in [7, 11) is 0. The van der Waals surface area contributed by atoms with Gasteiger partial charge in [-0.1, -0.05) is 11.6 Å². The highest BCUT2D eigenvalue weighted by atomic mass is 35.5. The molecule has 0 saturated carbocycles. The van der Waals surface area contributed by atoms with E-state index in [0.717, 1.165) is 22.1 Å². The fourth-order valence-electron chi connectivity index (χ4n) is 2.45. The summed E-state index contributed by atoms with van der Waals surface area (Å²) in [5.41, 5.74) is 2.58. The quantitative estimate of drug-likeness (QED) is 0.524. The molecule has 0 radical (unpaired) electrons. The number of aromatic nitrogens is 4. The summed E-state index contributed by atoms with van der Waals surface area (Å²) in [6, 6.07) is 6.91. The lowest BCUT2D eigenvalue weighted by Crippen LogP contribution is -2.08. The Morgan fingerprint density at radius 1 is 1.33 bits per heavy atom. The molecule has 4 rings (SSSR count). The molecular formula is C16H11ClN4O2S. The van der Waals surface area contributed by atoms with Gasteiger partial charge in [-0.3, -0.25) is 0 Å². The second-order valence-corrected chi connectivity index (χ2v) is 6.53. The maximum atomic E-state index is 11.8. The van der Waals surface area contributed by atoms with Crippen molar-refractivity contribution in [3.63, 3.8) is 0 Å². The van der Waals surface area contributed by atoms with E-state index in [4.69, 9.17) is 16.0 Å². The number of nitrogens with zero attached hydrogens (tertiary/aromatic N) is 4. The van der Waals surface area contributed by atoms with Crippen molar-refractivity contribution < 1.29 is 4.42 Å². The number of hydrogen-bond donors (Lipinski definition) is 0. The first-order valence-electron chi connectivity index (χ1n) is 7.13. The van der Waals surface area contributed by atoms with Gasteiger partial charge in [0.1, 0.15) is 5.58 Å². The number of tetrazole rings is 1. The molecule has 0 fully saturated rings. The van der Waals surface area contributed by atoms with E-state index >= 15 is 0 Å². The Labute approximate surface area is 145 Å². The zero-order valence-electron chi connectivity index (χ0n) is 12.6. The SMILES string of the molecule is Cc1cc2oc(=O)cc(Cn3nnc(-c4ccsc4)n3)c2cc1Cl. The Morgan fingerprint density at radius 2 is 2.21 bits per heavy atom. The van der Waals surface area contributed by atoms with Crippen molar-refractivity contribution in [1.82, 2.24) is 20.2 Å². The average molecular weight is 359 g/mol. The smallest absolute Gasteiger partial charge is 0.336 e. The molecule has 8 heteroatoms. The van der Waals surface area contributed by atoms with Crippen LogP contribution in [0, 0.1) is 6.92 Å². The van der Waals surface area contributed by atoms with Gasteiger partial charge in [0, 0.05) is 27.4 Å². The Morgan fingerprint density at radius 3 is 3.00 bits per heavy atom. The minimum atomic E-state index is -0.419. The highest BCUT2D eigenvalue weighted by molar-refractivity contribution is 7.08. The molecule has 0 atom stereocenters. The molecule has 0 amide bonds. The Bertz CT molecular complexity index is 1090. The van der Waals surface area contributed by atoms with Crippen molar-refractivity contribution in [3.8, 4) is 11.4 Å². The molecule has 0 bridgehead atoms. The van der Waals surface area contributed by atoms with Crippen LogP contribution in [0.3, 0.4) is 0 Å². The molecule has 3 aromatic heterocycles. The molecule has 0 unspecified atom stereocenters. The Hall–Kier alpha value is -2.51. The van der Waals surface area contributed by atoms with E-state index in [9.17, 15) is 4.79 Å². The van der Waals surface area contributed by atoms with Crippen molar-refractivity contribution in [3.05, 3.63) is 61.6 Å². The van der Waals surface area contributed by atoms with Gasteiger partial charge in [0.05, 0.1) is 6.54 Å². The third-order valence-electron chi connectivity index (χ3n) is 3.65. The van der Waals surface area contributed by atoms with Gasteiger partial charge in [-0.15, -0.1) is 10.2 Å². The fraction of sp³-hybridized carbons (Fsp3) is 0.125. The van der Waals surface area contributed by atoms with Crippen LogP contribution in [0.1, 0.15) is 11.1 Å². The Balaban J connectivity index is 1.77. The molecule has 6 nitrogen and oxygen atoms in total. The fourth-order valence-corrected chi connectivity index (χ4v) is 3.25. The maximum absolute atomic E-state index is 11.8. The van der Waals surface area contributed by atoms with E-state index in [0.29, 0.717) is 23.0 Å². The van der Waals surface area contributed by atoms with E-state index in [1.165, 1.54) is 10.9 Å².